The molecule has 0 saturated carbocycles. The van der Waals surface area contributed by atoms with Gasteiger partial charge < -0.3 is 0 Å². The van der Waals surface area contributed by atoms with Crippen molar-refractivity contribution in [3.8, 4) is 0 Å². The molecule has 20 heavy (non-hydrogen) atoms. The lowest BCUT2D eigenvalue weighted by Crippen LogP contribution is -2.06. The lowest BCUT2D eigenvalue weighted by molar-refractivity contribution is 0.421. The Morgan fingerprint density at radius 2 is 2.30 bits per heavy atom. The van der Waals surface area contributed by atoms with E-state index in [0.29, 0.717) is 10.8 Å². The largest absolute Gasteiger partial charge is 0.249 e. The third-order valence-electron chi connectivity index (χ3n) is 2.65. The van der Waals surface area contributed by atoms with Gasteiger partial charge in [-0.2, -0.15) is 5.10 Å². The number of nitrogens with zero attached hydrogens (tertiary/aromatic N) is 4. The normalized spacial score (nSPS) is 11.3. The van der Waals surface area contributed by atoms with Gasteiger partial charge in [-0.25, -0.2) is 19.0 Å². The number of thiazole rings is 1. The first-order chi connectivity index (χ1) is 9.76. The van der Waals surface area contributed by atoms with Crippen molar-refractivity contribution in [1.82, 2.24) is 19.7 Å². The molecule has 0 aliphatic heterocycles. The number of alkyl halides is 1. The molecule has 0 saturated heterocycles. The Bertz CT molecular complexity index is 727. The summed E-state index contributed by atoms with van der Waals surface area (Å²) in [6.07, 6.45) is 1.45. The van der Waals surface area contributed by atoms with Crippen LogP contribution in [0.2, 0.25) is 5.02 Å². The Hall–Kier alpha value is -1.18. The highest BCUT2D eigenvalue weighted by molar-refractivity contribution is 8.00. The summed E-state index contributed by atoms with van der Waals surface area (Å²) in [6.45, 7) is -0.202. The van der Waals surface area contributed by atoms with Gasteiger partial charge in [-0.1, -0.05) is 23.4 Å². The number of rotatable bonds is 5. The molecule has 0 amide bonds. The third-order valence-corrected chi connectivity index (χ3v) is 5.06. The molecule has 0 bridgehead atoms. The fourth-order valence-electron chi connectivity index (χ4n) is 1.73. The molecule has 0 unspecified atom stereocenters. The van der Waals surface area contributed by atoms with E-state index in [4.69, 9.17) is 11.6 Å². The fourth-order valence-corrected chi connectivity index (χ4v) is 3.90. The second-order valence-electron chi connectivity index (χ2n) is 3.97. The molecular formula is C12H10ClFN4S2. The Kier molecular flexibility index (Phi) is 4.18. The summed E-state index contributed by atoms with van der Waals surface area (Å²) in [5.74, 6) is 1.37. The van der Waals surface area contributed by atoms with Gasteiger partial charge in [-0.05, 0) is 18.2 Å². The molecule has 0 aliphatic rings. The zero-order valence-electron chi connectivity index (χ0n) is 10.3. The van der Waals surface area contributed by atoms with Gasteiger partial charge in [-0.15, -0.1) is 11.3 Å². The average molecular weight is 329 g/mol. The first-order valence-electron chi connectivity index (χ1n) is 5.88. The molecule has 2 heterocycles. The Balaban J connectivity index is 1.74. The second kappa shape index (κ2) is 6.07. The number of aromatic nitrogens is 4. The summed E-state index contributed by atoms with van der Waals surface area (Å²) in [6, 6.07) is 5.67. The van der Waals surface area contributed by atoms with Crippen molar-refractivity contribution >= 4 is 44.9 Å². The van der Waals surface area contributed by atoms with Crippen LogP contribution in [-0.2, 0) is 12.3 Å². The van der Waals surface area contributed by atoms with Gasteiger partial charge in [0.05, 0.1) is 22.5 Å². The predicted octanol–water partition coefficient (Wildman–Crippen LogP) is 3.80. The number of thioether (sulfide) groups is 1. The molecular weight excluding hydrogens is 319 g/mol. The summed E-state index contributed by atoms with van der Waals surface area (Å²) >= 11 is 9.12. The number of benzene rings is 1. The summed E-state index contributed by atoms with van der Waals surface area (Å²) in [5.41, 5.74) is 0.898. The number of halogens is 2. The van der Waals surface area contributed by atoms with E-state index in [1.54, 1.807) is 27.8 Å². The molecule has 0 N–H and O–H groups in total. The molecule has 104 valence electrons. The highest BCUT2D eigenvalue weighted by Crippen LogP contribution is 2.32. The number of aryl methyl sites for hydroxylation is 1. The van der Waals surface area contributed by atoms with Gasteiger partial charge in [0.2, 0.25) is 0 Å². The zero-order valence-corrected chi connectivity index (χ0v) is 12.7. The van der Waals surface area contributed by atoms with Crippen LogP contribution in [0.25, 0.3) is 10.2 Å². The zero-order chi connectivity index (χ0) is 13.9. The molecule has 2 aromatic heterocycles. The van der Waals surface area contributed by atoms with Crippen molar-refractivity contribution in [1.29, 1.82) is 0 Å². The van der Waals surface area contributed by atoms with Crippen LogP contribution in [0.4, 0.5) is 4.39 Å². The quantitative estimate of drug-likeness (QED) is 0.668. The smallest absolute Gasteiger partial charge is 0.151 e. The topological polar surface area (TPSA) is 43.6 Å². The van der Waals surface area contributed by atoms with Crippen LogP contribution in [0.1, 0.15) is 5.82 Å². The second-order valence-corrected chi connectivity index (χ2v) is 6.66. The molecule has 4 nitrogen and oxygen atoms in total. The Morgan fingerprint density at radius 1 is 1.40 bits per heavy atom. The first-order valence-corrected chi connectivity index (χ1v) is 8.06. The maximum absolute atomic E-state index is 12.4. The monoisotopic (exact) mass is 328 g/mol. The standard InChI is InChI=1S/C12H10ClFN4S2/c13-8-1-2-10-9(5-8)17-12(20-10)19-6-11-15-7-16-18(11)4-3-14/h1-2,5,7H,3-4,6H2. The predicted molar refractivity (Wildman–Crippen MR) is 80.2 cm³/mol. The Morgan fingerprint density at radius 3 is 3.15 bits per heavy atom. The molecule has 3 aromatic rings. The summed E-state index contributed by atoms with van der Waals surface area (Å²) in [7, 11) is 0. The van der Waals surface area contributed by atoms with Crippen molar-refractivity contribution in [3.63, 3.8) is 0 Å². The van der Waals surface area contributed by atoms with Crippen LogP contribution in [0.3, 0.4) is 0 Å². The van der Waals surface area contributed by atoms with E-state index < -0.39 is 6.67 Å². The van der Waals surface area contributed by atoms with Crippen molar-refractivity contribution < 1.29 is 4.39 Å². The summed E-state index contributed by atoms with van der Waals surface area (Å²) < 4.78 is 16.0. The number of hydrogen-bond acceptors (Lipinski definition) is 5. The molecule has 0 atom stereocenters. The lowest BCUT2D eigenvalue weighted by atomic mass is 10.3. The molecule has 0 spiro atoms. The molecule has 0 fully saturated rings. The lowest BCUT2D eigenvalue weighted by Gasteiger charge is -2.01. The minimum absolute atomic E-state index is 0.241. The summed E-state index contributed by atoms with van der Waals surface area (Å²) in [4.78, 5) is 8.65. The van der Waals surface area contributed by atoms with E-state index in [9.17, 15) is 4.39 Å². The van der Waals surface area contributed by atoms with Crippen LogP contribution in [0.15, 0.2) is 28.9 Å². The van der Waals surface area contributed by atoms with Gasteiger partial charge in [-0.3, -0.25) is 0 Å². The van der Waals surface area contributed by atoms with Crippen LogP contribution >= 0.6 is 34.7 Å². The SMILES string of the molecule is FCCn1ncnc1CSc1nc2cc(Cl)ccc2s1. The van der Waals surface area contributed by atoms with E-state index >= 15 is 0 Å². The van der Waals surface area contributed by atoms with E-state index in [-0.39, 0.29) is 6.54 Å². The maximum Gasteiger partial charge on any atom is 0.151 e. The summed E-state index contributed by atoms with van der Waals surface area (Å²) in [5, 5.41) is 4.67. The molecule has 1 aromatic carbocycles. The Labute approximate surface area is 128 Å². The van der Waals surface area contributed by atoms with Gasteiger partial charge in [0.25, 0.3) is 0 Å². The highest BCUT2D eigenvalue weighted by Gasteiger charge is 2.09. The minimum atomic E-state index is -0.444. The van der Waals surface area contributed by atoms with Crippen molar-refractivity contribution in [2.45, 2.75) is 16.6 Å². The van der Waals surface area contributed by atoms with Crippen LogP contribution < -0.4 is 0 Å². The van der Waals surface area contributed by atoms with Crippen LogP contribution in [0.5, 0.6) is 0 Å². The molecule has 8 heteroatoms. The fraction of sp³-hybridized carbons (Fsp3) is 0.250. The highest BCUT2D eigenvalue weighted by atomic mass is 35.5. The van der Waals surface area contributed by atoms with E-state index in [1.807, 2.05) is 18.2 Å². The van der Waals surface area contributed by atoms with Crippen molar-refractivity contribution in [2.24, 2.45) is 0 Å². The van der Waals surface area contributed by atoms with Crippen molar-refractivity contribution in [3.05, 3.63) is 35.4 Å². The minimum Gasteiger partial charge on any atom is -0.249 e. The van der Waals surface area contributed by atoms with Crippen molar-refractivity contribution in [2.75, 3.05) is 6.67 Å². The van der Waals surface area contributed by atoms with Gasteiger partial charge in [0, 0.05) is 5.02 Å². The maximum atomic E-state index is 12.4. The first kappa shape index (κ1) is 13.8. The average Bonchev–Trinajstić information content (AvgIpc) is 3.02. The van der Waals surface area contributed by atoms with Gasteiger partial charge in [0.15, 0.2) is 4.34 Å². The van der Waals surface area contributed by atoms with E-state index in [1.165, 1.54) is 6.33 Å². The van der Waals surface area contributed by atoms with E-state index in [2.05, 4.69) is 15.1 Å². The molecule has 0 radical (unpaired) electrons. The molecule has 0 aliphatic carbocycles. The van der Waals surface area contributed by atoms with Gasteiger partial charge >= 0.3 is 0 Å². The molecule has 3 rings (SSSR count). The van der Waals surface area contributed by atoms with E-state index in [0.717, 1.165) is 20.4 Å². The number of fused-ring (bicyclic) bond motifs is 1. The van der Waals surface area contributed by atoms with Gasteiger partial charge in [0.1, 0.15) is 18.8 Å². The third kappa shape index (κ3) is 2.94. The van der Waals surface area contributed by atoms with Crippen LogP contribution in [0, 0.1) is 0 Å². The van der Waals surface area contributed by atoms with Crippen LogP contribution in [-0.4, -0.2) is 26.4 Å². The number of hydrogen-bond donors (Lipinski definition) is 0.